The molecule has 0 aliphatic carbocycles. The maximum atomic E-state index is 12.6. The van der Waals surface area contributed by atoms with Crippen molar-refractivity contribution in [3.8, 4) is 0 Å². The SMILES string of the molecule is C=CCc1cccc2cc(C(=O)Nc3ccc(CN(C)C)cc3)c(=O)oc12. The molecule has 1 N–H and O–H groups in total. The van der Waals surface area contributed by atoms with E-state index in [1.165, 1.54) is 0 Å². The van der Waals surface area contributed by atoms with Gasteiger partial charge in [0.1, 0.15) is 11.1 Å². The zero-order valence-electron chi connectivity index (χ0n) is 15.5. The highest BCUT2D eigenvalue weighted by molar-refractivity contribution is 6.05. The van der Waals surface area contributed by atoms with E-state index < -0.39 is 11.5 Å². The van der Waals surface area contributed by atoms with E-state index in [4.69, 9.17) is 4.42 Å². The van der Waals surface area contributed by atoms with Gasteiger partial charge in [0.15, 0.2) is 0 Å². The minimum atomic E-state index is -0.652. The van der Waals surface area contributed by atoms with Crippen molar-refractivity contribution < 1.29 is 9.21 Å². The number of fused-ring (bicyclic) bond motifs is 1. The second-order valence-electron chi connectivity index (χ2n) is 6.66. The Hall–Kier alpha value is -3.18. The van der Waals surface area contributed by atoms with Crippen molar-refractivity contribution in [2.45, 2.75) is 13.0 Å². The van der Waals surface area contributed by atoms with Gasteiger partial charge in [0, 0.05) is 17.6 Å². The van der Waals surface area contributed by atoms with E-state index in [1.54, 1.807) is 12.1 Å². The third kappa shape index (κ3) is 4.33. The molecule has 1 amide bonds. The summed E-state index contributed by atoms with van der Waals surface area (Å²) in [5.41, 5.74) is 2.45. The van der Waals surface area contributed by atoms with Crippen LogP contribution in [0.5, 0.6) is 0 Å². The lowest BCUT2D eigenvalue weighted by atomic mass is 10.1. The van der Waals surface area contributed by atoms with Crippen LogP contribution in [0.15, 0.2) is 70.4 Å². The molecule has 2 aromatic carbocycles. The van der Waals surface area contributed by atoms with Gasteiger partial charge in [-0.1, -0.05) is 36.4 Å². The first kappa shape index (κ1) is 18.6. The first-order valence-electron chi connectivity index (χ1n) is 8.69. The molecule has 0 aliphatic rings. The van der Waals surface area contributed by atoms with Gasteiger partial charge in [-0.3, -0.25) is 4.79 Å². The van der Waals surface area contributed by atoms with Crippen LogP contribution in [0.25, 0.3) is 11.0 Å². The predicted octanol–water partition coefficient (Wildman–Crippen LogP) is 3.84. The molecule has 138 valence electrons. The summed E-state index contributed by atoms with van der Waals surface area (Å²) in [4.78, 5) is 27.0. The van der Waals surface area contributed by atoms with Gasteiger partial charge in [0.25, 0.3) is 5.91 Å². The van der Waals surface area contributed by atoms with Crippen LogP contribution in [0.2, 0.25) is 0 Å². The van der Waals surface area contributed by atoms with E-state index in [-0.39, 0.29) is 5.56 Å². The summed E-state index contributed by atoms with van der Waals surface area (Å²) in [5, 5.41) is 3.46. The molecule has 1 heterocycles. The Balaban J connectivity index is 1.86. The number of carbonyl (C=O) groups is 1. The zero-order chi connectivity index (χ0) is 19.4. The Labute approximate surface area is 157 Å². The standard InChI is InChI=1S/C22H22N2O3/c1-4-6-16-7-5-8-17-13-19(22(26)27-20(16)17)21(25)23-18-11-9-15(10-12-18)14-24(2)3/h4-5,7-13H,1,6,14H2,2-3H3,(H,23,25). The number of para-hydroxylation sites is 1. The van der Waals surface area contributed by atoms with E-state index in [0.717, 1.165) is 17.7 Å². The summed E-state index contributed by atoms with van der Waals surface area (Å²) in [6, 6.07) is 14.7. The Morgan fingerprint density at radius 3 is 2.59 bits per heavy atom. The minimum absolute atomic E-state index is 0.0179. The molecule has 0 unspecified atom stereocenters. The van der Waals surface area contributed by atoms with E-state index in [1.807, 2.05) is 56.6 Å². The first-order valence-corrected chi connectivity index (χ1v) is 8.69. The number of allylic oxidation sites excluding steroid dienone is 1. The highest BCUT2D eigenvalue weighted by Crippen LogP contribution is 2.20. The van der Waals surface area contributed by atoms with Crippen molar-refractivity contribution in [1.29, 1.82) is 0 Å². The molecule has 27 heavy (non-hydrogen) atoms. The number of nitrogens with zero attached hydrogens (tertiary/aromatic N) is 1. The number of carbonyl (C=O) groups excluding carboxylic acids is 1. The fourth-order valence-corrected chi connectivity index (χ4v) is 2.94. The number of hydrogen-bond acceptors (Lipinski definition) is 4. The van der Waals surface area contributed by atoms with Crippen molar-refractivity contribution in [3.05, 3.63) is 88.3 Å². The van der Waals surface area contributed by atoms with Crippen molar-refractivity contribution >= 4 is 22.6 Å². The molecule has 0 saturated carbocycles. The molecule has 0 bridgehead atoms. The van der Waals surface area contributed by atoms with Gasteiger partial charge in [0.2, 0.25) is 0 Å². The summed E-state index contributed by atoms with van der Waals surface area (Å²) >= 11 is 0. The topological polar surface area (TPSA) is 62.6 Å². The van der Waals surface area contributed by atoms with Gasteiger partial charge in [-0.2, -0.15) is 0 Å². The lowest BCUT2D eigenvalue weighted by Gasteiger charge is -2.10. The Bertz CT molecular complexity index is 1030. The van der Waals surface area contributed by atoms with Gasteiger partial charge < -0.3 is 14.6 Å². The maximum absolute atomic E-state index is 12.6. The van der Waals surface area contributed by atoms with Gasteiger partial charge in [-0.05, 0) is 49.8 Å². The third-order valence-electron chi connectivity index (χ3n) is 4.16. The van der Waals surface area contributed by atoms with Crippen LogP contribution in [0.1, 0.15) is 21.5 Å². The Morgan fingerprint density at radius 1 is 1.19 bits per heavy atom. The third-order valence-corrected chi connectivity index (χ3v) is 4.16. The van der Waals surface area contributed by atoms with Crippen LogP contribution in [0.3, 0.4) is 0 Å². The van der Waals surface area contributed by atoms with Crippen molar-refractivity contribution in [2.75, 3.05) is 19.4 Å². The van der Waals surface area contributed by atoms with Crippen molar-refractivity contribution in [3.63, 3.8) is 0 Å². The molecule has 0 atom stereocenters. The normalized spacial score (nSPS) is 10.9. The Morgan fingerprint density at radius 2 is 1.93 bits per heavy atom. The minimum Gasteiger partial charge on any atom is -0.422 e. The van der Waals surface area contributed by atoms with Crippen molar-refractivity contribution in [2.24, 2.45) is 0 Å². The fourth-order valence-electron chi connectivity index (χ4n) is 2.94. The highest BCUT2D eigenvalue weighted by atomic mass is 16.4. The second kappa shape index (κ2) is 8.01. The molecule has 1 aromatic heterocycles. The van der Waals surface area contributed by atoms with E-state index in [9.17, 15) is 9.59 Å². The largest absolute Gasteiger partial charge is 0.422 e. The van der Waals surface area contributed by atoms with E-state index >= 15 is 0 Å². The summed E-state index contributed by atoms with van der Waals surface area (Å²) in [7, 11) is 3.99. The van der Waals surface area contributed by atoms with Gasteiger partial charge >= 0.3 is 5.63 Å². The number of anilines is 1. The molecule has 0 radical (unpaired) electrons. The summed E-state index contributed by atoms with van der Waals surface area (Å²) in [5.74, 6) is -0.486. The molecule has 0 fully saturated rings. The van der Waals surface area contributed by atoms with Crippen molar-refractivity contribution in [1.82, 2.24) is 4.90 Å². The fraction of sp³-hybridized carbons (Fsp3) is 0.182. The molecular weight excluding hydrogens is 340 g/mol. The van der Waals surface area contributed by atoms with Crippen LogP contribution in [0, 0.1) is 0 Å². The first-order chi connectivity index (χ1) is 13.0. The zero-order valence-corrected chi connectivity index (χ0v) is 15.5. The number of rotatable bonds is 6. The number of benzene rings is 2. The number of nitrogens with one attached hydrogen (secondary N) is 1. The average Bonchev–Trinajstić information content (AvgIpc) is 2.63. The van der Waals surface area contributed by atoms with E-state index in [0.29, 0.717) is 23.1 Å². The lowest BCUT2D eigenvalue weighted by Crippen LogP contribution is -2.20. The number of hydrogen-bond donors (Lipinski definition) is 1. The molecule has 3 aromatic rings. The molecular formula is C22H22N2O3. The van der Waals surface area contributed by atoms with Crippen LogP contribution in [-0.2, 0) is 13.0 Å². The van der Waals surface area contributed by atoms with Gasteiger partial charge in [-0.15, -0.1) is 6.58 Å². The van der Waals surface area contributed by atoms with Gasteiger partial charge in [0.05, 0.1) is 0 Å². The summed E-state index contributed by atoms with van der Waals surface area (Å²) in [6.07, 6.45) is 2.33. The predicted molar refractivity (Wildman–Crippen MR) is 108 cm³/mol. The molecule has 0 spiro atoms. The molecule has 5 heteroatoms. The molecule has 0 saturated heterocycles. The Kier molecular flexibility index (Phi) is 5.52. The monoisotopic (exact) mass is 362 g/mol. The lowest BCUT2D eigenvalue weighted by molar-refractivity contribution is 0.102. The molecule has 5 nitrogen and oxygen atoms in total. The van der Waals surface area contributed by atoms with Crippen LogP contribution in [0.4, 0.5) is 5.69 Å². The highest BCUT2D eigenvalue weighted by Gasteiger charge is 2.15. The molecule has 3 rings (SSSR count). The van der Waals surface area contributed by atoms with Gasteiger partial charge in [-0.25, -0.2) is 4.79 Å². The van der Waals surface area contributed by atoms with Crippen LogP contribution >= 0.6 is 0 Å². The molecule has 0 aliphatic heterocycles. The quantitative estimate of drug-likeness (QED) is 0.535. The summed E-state index contributed by atoms with van der Waals surface area (Å²) < 4.78 is 5.43. The number of amides is 1. The smallest absolute Gasteiger partial charge is 0.349 e. The van der Waals surface area contributed by atoms with E-state index in [2.05, 4.69) is 16.8 Å². The maximum Gasteiger partial charge on any atom is 0.349 e. The van der Waals surface area contributed by atoms with Crippen LogP contribution < -0.4 is 10.9 Å². The average molecular weight is 362 g/mol. The van der Waals surface area contributed by atoms with Crippen LogP contribution in [-0.4, -0.2) is 24.9 Å². The second-order valence-corrected chi connectivity index (χ2v) is 6.66. The summed E-state index contributed by atoms with van der Waals surface area (Å²) in [6.45, 7) is 4.53.